The SMILES string of the molecule is CC(C)(C)OC(=O)NOCC(=O)NCC(=O)Nc1cc2nccnc2c2nccnc12. The lowest BCUT2D eigenvalue weighted by Gasteiger charge is -2.19. The summed E-state index contributed by atoms with van der Waals surface area (Å²) in [5, 5.41) is 5.06. The number of hydrogen-bond acceptors (Lipinski definition) is 9. The molecular weight excluding hydrogens is 406 g/mol. The first-order chi connectivity index (χ1) is 14.7. The Morgan fingerprint density at radius 1 is 0.903 bits per heavy atom. The van der Waals surface area contributed by atoms with E-state index in [0.717, 1.165) is 0 Å². The monoisotopic (exact) mass is 427 g/mol. The molecule has 12 heteroatoms. The van der Waals surface area contributed by atoms with Crippen LogP contribution in [0.4, 0.5) is 10.5 Å². The third-order valence-corrected chi connectivity index (χ3v) is 3.66. The smallest absolute Gasteiger partial charge is 0.431 e. The molecule has 0 atom stereocenters. The van der Waals surface area contributed by atoms with E-state index in [0.29, 0.717) is 27.8 Å². The third kappa shape index (κ3) is 6.02. The van der Waals surface area contributed by atoms with Crippen molar-refractivity contribution in [2.45, 2.75) is 26.4 Å². The molecule has 2 heterocycles. The first kappa shape index (κ1) is 21.8. The van der Waals surface area contributed by atoms with E-state index in [1.165, 1.54) is 18.6 Å². The van der Waals surface area contributed by atoms with Crippen LogP contribution in [0.15, 0.2) is 30.9 Å². The zero-order valence-corrected chi connectivity index (χ0v) is 17.1. The number of benzene rings is 1. The molecule has 3 rings (SSSR count). The molecule has 0 aliphatic rings. The fourth-order valence-electron chi connectivity index (χ4n) is 2.53. The fraction of sp³-hybridized carbons (Fsp3) is 0.316. The second-order valence-electron chi connectivity index (χ2n) is 7.32. The minimum Gasteiger partial charge on any atom is -0.442 e. The normalized spacial score (nSPS) is 11.2. The molecule has 0 unspecified atom stereocenters. The van der Waals surface area contributed by atoms with Gasteiger partial charge in [-0.2, -0.15) is 5.48 Å². The van der Waals surface area contributed by atoms with Gasteiger partial charge in [0.1, 0.15) is 22.2 Å². The number of nitrogens with zero attached hydrogens (tertiary/aromatic N) is 4. The number of anilines is 1. The molecule has 0 spiro atoms. The Kier molecular flexibility index (Phi) is 6.50. The van der Waals surface area contributed by atoms with Gasteiger partial charge in [0.15, 0.2) is 6.61 Å². The van der Waals surface area contributed by atoms with E-state index in [1.54, 1.807) is 33.0 Å². The highest BCUT2D eigenvalue weighted by Gasteiger charge is 2.17. The van der Waals surface area contributed by atoms with Crippen molar-refractivity contribution in [3.05, 3.63) is 30.9 Å². The van der Waals surface area contributed by atoms with Crippen molar-refractivity contribution in [2.24, 2.45) is 0 Å². The zero-order valence-electron chi connectivity index (χ0n) is 17.1. The van der Waals surface area contributed by atoms with E-state index in [-0.39, 0.29) is 6.54 Å². The van der Waals surface area contributed by atoms with Crippen LogP contribution < -0.4 is 16.1 Å². The summed E-state index contributed by atoms with van der Waals surface area (Å²) >= 11 is 0. The van der Waals surface area contributed by atoms with Crippen LogP contribution in [0.2, 0.25) is 0 Å². The number of carbonyl (C=O) groups excluding carboxylic acids is 3. The molecule has 1 aromatic carbocycles. The highest BCUT2D eigenvalue weighted by Crippen LogP contribution is 2.26. The van der Waals surface area contributed by atoms with Crippen LogP contribution in [0.1, 0.15) is 20.8 Å². The molecule has 2 aromatic heterocycles. The summed E-state index contributed by atoms with van der Waals surface area (Å²) in [7, 11) is 0. The molecule has 3 aromatic rings. The second-order valence-corrected chi connectivity index (χ2v) is 7.32. The van der Waals surface area contributed by atoms with Gasteiger partial charge < -0.3 is 15.4 Å². The van der Waals surface area contributed by atoms with Crippen molar-refractivity contribution in [1.29, 1.82) is 0 Å². The van der Waals surface area contributed by atoms with Gasteiger partial charge in [-0.1, -0.05) is 0 Å². The summed E-state index contributed by atoms with van der Waals surface area (Å²) in [6.45, 7) is 4.25. The Hall–Kier alpha value is -3.93. The van der Waals surface area contributed by atoms with Crippen LogP contribution in [0, 0.1) is 0 Å². The van der Waals surface area contributed by atoms with Gasteiger partial charge >= 0.3 is 6.09 Å². The molecule has 12 nitrogen and oxygen atoms in total. The van der Waals surface area contributed by atoms with Crippen LogP contribution >= 0.6 is 0 Å². The lowest BCUT2D eigenvalue weighted by Crippen LogP contribution is -2.38. The van der Waals surface area contributed by atoms with E-state index >= 15 is 0 Å². The fourth-order valence-corrected chi connectivity index (χ4v) is 2.53. The summed E-state index contributed by atoms with van der Waals surface area (Å²) in [6, 6.07) is 1.63. The molecule has 0 saturated heterocycles. The van der Waals surface area contributed by atoms with Crippen LogP contribution in [-0.2, 0) is 19.2 Å². The molecule has 3 amide bonds. The van der Waals surface area contributed by atoms with Gasteiger partial charge in [-0.25, -0.2) is 4.79 Å². The van der Waals surface area contributed by atoms with E-state index in [4.69, 9.17) is 9.57 Å². The number of nitrogens with one attached hydrogen (secondary N) is 3. The number of aromatic nitrogens is 4. The Balaban J connectivity index is 1.54. The summed E-state index contributed by atoms with van der Waals surface area (Å²) in [4.78, 5) is 57.3. The van der Waals surface area contributed by atoms with Crippen LogP contribution in [-0.4, -0.2) is 56.6 Å². The van der Waals surface area contributed by atoms with Gasteiger partial charge in [-0.3, -0.25) is 34.4 Å². The molecule has 0 aliphatic heterocycles. The van der Waals surface area contributed by atoms with E-state index in [9.17, 15) is 14.4 Å². The number of hydrogen-bond donors (Lipinski definition) is 3. The molecule has 3 N–H and O–H groups in total. The number of amides is 3. The van der Waals surface area contributed by atoms with Crippen molar-refractivity contribution >= 4 is 45.7 Å². The first-order valence-electron chi connectivity index (χ1n) is 9.25. The summed E-state index contributed by atoms with van der Waals surface area (Å²) in [5.41, 5.74) is 3.71. The van der Waals surface area contributed by atoms with Crippen molar-refractivity contribution in [2.75, 3.05) is 18.5 Å². The van der Waals surface area contributed by atoms with E-state index < -0.39 is 30.1 Å². The maximum Gasteiger partial charge on any atom is 0.431 e. The van der Waals surface area contributed by atoms with Gasteiger partial charge in [-0.15, -0.1) is 0 Å². The highest BCUT2D eigenvalue weighted by molar-refractivity contribution is 6.09. The third-order valence-electron chi connectivity index (χ3n) is 3.66. The van der Waals surface area contributed by atoms with E-state index in [1.807, 2.05) is 5.48 Å². The van der Waals surface area contributed by atoms with Gasteiger partial charge in [-0.05, 0) is 26.8 Å². The lowest BCUT2D eigenvalue weighted by molar-refractivity contribution is -0.129. The summed E-state index contributed by atoms with van der Waals surface area (Å²) < 4.78 is 4.96. The van der Waals surface area contributed by atoms with Crippen molar-refractivity contribution in [3.63, 3.8) is 0 Å². The quantitative estimate of drug-likeness (QED) is 0.387. The number of fused-ring (bicyclic) bond motifs is 3. The van der Waals surface area contributed by atoms with Gasteiger partial charge in [0.25, 0.3) is 0 Å². The summed E-state index contributed by atoms with van der Waals surface area (Å²) in [6.07, 6.45) is 5.27. The van der Waals surface area contributed by atoms with Crippen molar-refractivity contribution < 1.29 is 24.0 Å². The topological polar surface area (TPSA) is 157 Å². The van der Waals surface area contributed by atoms with Crippen LogP contribution in [0.5, 0.6) is 0 Å². The Morgan fingerprint density at radius 2 is 1.55 bits per heavy atom. The molecule has 31 heavy (non-hydrogen) atoms. The lowest BCUT2D eigenvalue weighted by atomic mass is 10.2. The Bertz CT molecular complexity index is 1130. The Morgan fingerprint density at radius 3 is 2.26 bits per heavy atom. The molecule has 162 valence electrons. The molecule has 0 fully saturated rings. The number of hydroxylamine groups is 1. The molecular formula is C19H21N7O5. The zero-order chi connectivity index (χ0) is 22.4. The average molecular weight is 427 g/mol. The van der Waals surface area contributed by atoms with Crippen LogP contribution in [0.3, 0.4) is 0 Å². The molecule has 0 radical (unpaired) electrons. The summed E-state index contributed by atoms with van der Waals surface area (Å²) in [5.74, 6) is -1.11. The van der Waals surface area contributed by atoms with Crippen LogP contribution in [0.25, 0.3) is 22.1 Å². The number of rotatable bonds is 6. The van der Waals surface area contributed by atoms with Gasteiger partial charge in [0.05, 0.1) is 17.7 Å². The van der Waals surface area contributed by atoms with Gasteiger partial charge in [0.2, 0.25) is 11.8 Å². The van der Waals surface area contributed by atoms with Crippen molar-refractivity contribution in [1.82, 2.24) is 30.7 Å². The second kappa shape index (κ2) is 9.26. The predicted molar refractivity (Wildman–Crippen MR) is 110 cm³/mol. The average Bonchev–Trinajstić information content (AvgIpc) is 2.71. The van der Waals surface area contributed by atoms with Crippen molar-refractivity contribution in [3.8, 4) is 0 Å². The molecule has 0 saturated carbocycles. The predicted octanol–water partition coefficient (Wildman–Crippen LogP) is 1.08. The highest BCUT2D eigenvalue weighted by atomic mass is 16.7. The largest absolute Gasteiger partial charge is 0.442 e. The minimum atomic E-state index is -0.828. The van der Waals surface area contributed by atoms with E-state index in [2.05, 4.69) is 30.6 Å². The number of ether oxygens (including phenoxy) is 1. The van der Waals surface area contributed by atoms with Gasteiger partial charge in [0, 0.05) is 24.8 Å². The number of carbonyl (C=O) groups is 3. The maximum absolute atomic E-state index is 12.3. The minimum absolute atomic E-state index is 0.325. The molecule has 0 aliphatic carbocycles. The first-order valence-corrected chi connectivity index (χ1v) is 9.25. The maximum atomic E-state index is 12.3. The Labute approximate surface area is 176 Å². The molecule has 0 bridgehead atoms. The standard InChI is InChI=1S/C19H21N7O5/c1-19(2,3)31-18(29)26-30-10-14(28)24-9-13(27)25-12-8-11-15(21-5-4-20-11)17-16(12)22-6-7-23-17/h4-8H,9-10H2,1-3H3,(H,24,28)(H,25,27)(H,26,29).